The van der Waals surface area contributed by atoms with Gasteiger partial charge < -0.3 is 24.8 Å². The standard InChI is InChI=1S/C28H25ClFN3O6/c1-3-38-24-14-17(12-19(29)26(24)39-16-18-8-4-5-9-20(18)30)13-22-27(35)33(28(36)32-22)15-25(34)31-21-10-6-7-11-23(21)37-2/h4-14H,3,15-16H2,1-2H3,(H,31,34)(H,32,36)/b22-13+. The Hall–Kier alpha value is -4.57. The van der Waals surface area contributed by atoms with Crippen molar-refractivity contribution in [2.45, 2.75) is 13.5 Å². The van der Waals surface area contributed by atoms with E-state index in [2.05, 4.69) is 10.6 Å². The number of ether oxygens (including phenoxy) is 3. The number of imide groups is 1. The van der Waals surface area contributed by atoms with Crippen LogP contribution in [0.15, 0.2) is 66.4 Å². The number of hydrogen-bond donors (Lipinski definition) is 2. The van der Waals surface area contributed by atoms with E-state index in [1.54, 1.807) is 55.5 Å². The van der Waals surface area contributed by atoms with Gasteiger partial charge in [0.15, 0.2) is 11.5 Å². The highest BCUT2D eigenvalue weighted by Crippen LogP contribution is 2.38. The van der Waals surface area contributed by atoms with Gasteiger partial charge in [0.05, 0.1) is 24.4 Å². The monoisotopic (exact) mass is 553 g/mol. The molecule has 0 unspecified atom stereocenters. The lowest BCUT2D eigenvalue weighted by Gasteiger charge is -2.15. The molecular formula is C28H25ClFN3O6. The molecule has 202 valence electrons. The summed E-state index contributed by atoms with van der Waals surface area (Å²) in [5.41, 5.74) is 1.13. The molecule has 9 nitrogen and oxygen atoms in total. The van der Waals surface area contributed by atoms with Crippen molar-refractivity contribution >= 4 is 41.2 Å². The van der Waals surface area contributed by atoms with Crippen LogP contribution in [0.3, 0.4) is 0 Å². The third kappa shape index (κ3) is 6.47. The van der Waals surface area contributed by atoms with Crippen molar-refractivity contribution in [2.24, 2.45) is 0 Å². The van der Waals surface area contributed by atoms with Gasteiger partial charge in [-0.3, -0.25) is 9.59 Å². The van der Waals surface area contributed by atoms with Gasteiger partial charge in [-0.1, -0.05) is 41.9 Å². The highest BCUT2D eigenvalue weighted by molar-refractivity contribution is 6.32. The zero-order valence-electron chi connectivity index (χ0n) is 21.1. The molecule has 0 bridgehead atoms. The molecule has 0 spiro atoms. The number of halogens is 2. The molecule has 4 rings (SSSR count). The molecular weight excluding hydrogens is 529 g/mol. The van der Waals surface area contributed by atoms with E-state index in [9.17, 15) is 18.8 Å². The van der Waals surface area contributed by atoms with Crippen LogP contribution in [0.5, 0.6) is 17.2 Å². The van der Waals surface area contributed by atoms with E-state index in [1.165, 1.54) is 25.3 Å². The van der Waals surface area contributed by atoms with E-state index < -0.39 is 30.2 Å². The molecule has 11 heteroatoms. The zero-order chi connectivity index (χ0) is 27.9. The number of hydrogen-bond acceptors (Lipinski definition) is 6. The lowest BCUT2D eigenvalue weighted by atomic mass is 10.1. The predicted octanol–water partition coefficient (Wildman–Crippen LogP) is 5.00. The van der Waals surface area contributed by atoms with Crippen molar-refractivity contribution in [3.63, 3.8) is 0 Å². The maximum atomic E-state index is 14.0. The topological polar surface area (TPSA) is 106 Å². The minimum Gasteiger partial charge on any atom is -0.495 e. The van der Waals surface area contributed by atoms with Crippen molar-refractivity contribution in [3.8, 4) is 17.2 Å². The second-order valence-electron chi connectivity index (χ2n) is 8.27. The van der Waals surface area contributed by atoms with Gasteiger partial charge in [0, 0.05) is 5.56 Å². The van der Waals surface area contributed by atoms with Crippen LogP contribution in [0.2, 0.25) is 5.02 Å². The van der Waals surface area contributed by atoms with Crippen LogP contribution in [0.1, 0.15) is 18.1 Å². The van der Waals surface area contributed by atoms with Crippen LogP contribution in [0.4, 0.5) is 14.9 Å². The van der Waals surface area contributed by atoms with Crippen LogP contribution >= 0.6 is 11.6 Å². The Kier molecular flexibility index (Phi) is 8.67. The lowest BCUT2D eigenvalue weighted by Crippen LogP contribution is -2.38. The van der Waals surface area contributed by atoms with Crippen molar-refractivity contribution in [2.75, 3.05) is 25.6 Å². The molecule has 1 aliphatic rings. The van der Waals surface area contributed by atoms with Gasteiger partial charge in [0.2, 0.25) is 5.91 Å². The van der Waals surface area contributed by atoms with Gasteiger partial charge in [-0.2, -0.15) is 0 Å². The number of carbonyl (C=O) groups excluding carboxylic acids is 3. The average Bonchev–Trinajstić information content (AvgIpc) is 3.16. The Balaban J connectivity index is 1.50. The third-order valence-electron chi connectivity index (χ3n) is 5.62. The van der Waals surface area contributed by atoms with E-state index in [-0.39, 0.29) is 35.4 Å². The largest absolute Gasteiger partial charge is 0.495 e. The van der Waals surface area contributed by atoms with Gasteiger partial charge in [0.25, 0.3) is 5.91 Å². The Bertz CT molecular complexity index is 1440. The molecule has 0 atom stereocenters. The number of nitrogens with one attached hydrogen (secondary N) is 2. The summed E-state index contributed by atoms with van der Waals surface area (Å²) >= 11 is 6.45. The molecule has 1 heterocycles. The molecule has 39 heavy (non-hydrogen) atoms. The van der Waals surface area contributed by atoms with Crippen LogP contribution in [0.25, 0.3) is 6.08 Å². The Morgan fingerprint density at radius 3 is 2.56 bits per heavy atom. The molecule has 3 aromatic carbocycles. The Labute approximate surface area is 229 Å². The molecule has 0 aromatic heterocycles. The fourth-order valence-corrected chi connectivity index (χ4v) is 4.08. The van der Waals surface area contributed by atoms with E-state index >= 15 is 0 Å². The summed E-state index contributed by atoms with van der Waals surface area (Å²) in [7, 11) is 1.46. The summed E-state index contributed by atoms with van der Waals surface area (Å²) in [4.78, 5) is 38.7. The number of nitrogens with zero attached hydrogens (tertiary/aromatic N) is 1. The first kappa shape index (κ1) is 27.5. The van der Waals surface area contributed by atoms with Crippen molar-refractivity contribution in [1.29, 1.82) is 0 Å². The SMILES string of the molecule is CCOc1cc(/C=C2/NC(=O)N(CC(=O)Nc3ccccc3OC)C2=O)cc(Cl)c1OCc1ccccc1F. The number of rotatable bonds is 10. The maximum absolute atomic E-state index is 14.0. The average molecular weight is 554 g/mol. The normalized spacial score (nSPS) is 13.8. The fraction of sp³-hybridized carbons (Fsp3) is 0.179. The summed E-state index contributed by atoms with van der Waals surface area (Å²) in [6.07, 6.45) is 1.41. The van der Waals surface area contributed by atoms with Gasteiger partial charge in [-0.15, -0.1) is 0 Å². The molecule has 0 saturated carbocycles. The molecule has 4 amide bonds. The number of anilines is 1. The lowest BCUT2D eigenvalue weighted by molar-refractivity contribution is -0.127. The predicted molar refractivity (Wildman–Crippen MR) is 143 cm³/mol. The summed E-state index contributed by atoms with van der Waals surface area (Å²) in [5.74, 6) is -0.763. The Morgan fingerprint density at radius 2 is 1.82 bits per heavy atom. The molecule has 0 aliphatic carbocycles. The molecule has 0 radical (unpaired) electrons. The van der Waals surface area contributed by atoms with Gasteiger partial charge in [0.1, 0.15) is 30.4 Å². The van der Waals surface area contributed by atoms with Gasteiger partial charge in [-0.25, -0.2) is 14.1 Å². The fourth-order valence-electron chi connectivity index (χ4n) is 3.80. The van der Waals surface area contributed by atoms with Crippen molar-refractivity contribution in [3.05, 3.63) is 88.3 Å². The number of benzene rings is 3. The minimum atomic E-state index is -0.748. The van der Waals surface area contributed by atoms with Gasteiger partial charge in [-0.05, 0) is 48.9 Å². The number of amides is 4. The van der Waals surface area contributed by atoms with Crippen LogP contribution < -0.4 is 24.8 Å². The van der Waals surface area contributed by atoms with Crippen molar-refractivity contribution in [1.82, 2.24) is 10.2 Å². The van der Waals surface area contributed by atoms with Gasteiger partial charge >= 0.3 is 6.03 Å². The quantitative estimate of drug-likeness (QED) is 0.270. The smallest absolute Gasteiger partial charge is 0.329 e. The first-order chi connectivity index (χ1) is 18.8. The summed E-state index contributed by atoms with van der Waals surface area (Å²) < 4.78 is 30.6. The first-order valence-corrected chi connectivity index (χ1v) is 12.3. The molecule has 1 saturated heterocycles. The number of carbonyl (C=O) groups is 3. The van der Waals surface area contributed by atoms with E-state index in [4.69, 9.17) is 25.8 Å². The van der Waals surface area contributed by atoms with Crippen LogP contribution in [-0.2, 0) is 16.2 Å². The Morgan fingerprint density at radius 1 is 1.08 bits per heavy atom. The van der Waals surface area contributed by atoms with E-state index in [0.29, 0.717) is 22.6 Å². The number of urea groups is 1. The number of para-hydroxylation sites is 2. The second kappa shape index (κ2) is 12.3. The molecule has 1 aliphatic heterocycles. The van der Waals surface area contributed by atoms with Crippen molar-refractivity contribution < 1.29 is 33.0 Å². The van der Waals surface area contributed by atoms with Crippen LogP contribution in [-0.4, -0.2) is 43.0 Å². The highest BCUT2D eigenvalue weighted by atomic mass is 35.5. The molecule has 1 fully saturated rings. The molecule has 2 N–H and O–H groups in total. The summed E-state index contributed by atoms with van der Waals surface area (Å²) in [6.45, 7) is 1.48. The highest BCUT2D eigenvalue weighted by Gasteiger charge is 2.35. The van der Waals surface area contributed by atoms with Crippen LogP contribution in [0, 0.1) is 5.82 Å². The first-order valence-electron chi connectivity index (χ1n) is 11.9. The third-order valence-corrected chi connectivity index (χ3v) is 5.90. The summed E-state index contributed by atoms with van der Waals surface area (Å²) in [6, 6.07) is 15.3. The minimum absolute atomic E-state index is 0.0522. The van der Waals surface area contributed by atoms with E-state index in [1.807, 2.05) is 0 Å². The maximum Gasteiger partial charge on any atom is 0.329 e. The van der Waals surface area contributed by atoms with E-state index in [0.717, 1.165) is 4.90 Å². The summed E-state index contributed by atoms with van der Waals surface area (Å²) in [5, 5.41) is 5.26. The number of methoxy groups -OCH3 is 1. The second-order valence-corrected chi connectivity index (χ2v) is 8.68. The molecule has 3 aromatic rings. The zero-order valence-corrected chi connectivity index (χ0v) is 21.9.